The first kappa shape index (κ1) is 13.4. The van der Waals surface area contributed by atoms with E-state index in [1.807, 2.05) is 30.6 Å². The Bertz CT molecular complexity index is 551. The molecule has 1 aromatic carbocycles. The van der Waals surface area contributed by atoms with Crippen molar-refractivity contribution in [3.8, 4) is 0 Å². The number of piperazine rings is 1. The van der Waals surface area contributed by atoms with E-state index in [-0.39, 0.29) is 0 Å². The fourth-order valence-corrected chi connectivity index (χ4v) is 2.86. The summed E-state index contributed by atoms with van der Waals surface area (Å²) in [5.74, 6) is 0. The number of aromatic nitrogens is 1. The summed E-state index contributed by atoms with van der Waals surface area (Å²) in [7, 11) is 0. The van der Waals surface area contributed by atoms with Crippen molar-refractivity contribution in [1.29, 1.82) is 0 Å². The molecule has 0 unspecified atom stereocenters. The highest BCUT2D eigenvalue weighted by Gasteiger charge is 2.18. The number of hydrogen-bond acceptors (Lipinski definition) is 3. The average molecular weight is 288 g/mol. The lowest BCUT2D eigenvalue weighted by molar-refractivity contribution is 0.250. The summed E-state index contributed by atoms with van der Waals surface area (Å²) in [6.07, 6.45) is 3.71. The van der Waals surface area contributed by atoms with E-state index in [0.29, 0.717) is 0 Å². The van der Waals surface area contributed by atoms with Crippen molar-refractivity contribution < 1.29 is 0 Å². The van der Waals surface area contributed by atoms with Gasteiger partial charge in [-0.25, -0.2) is 0 Å². The highest BCUT2D eigenvalue weighted by atomic mass is 35.5. The van der Waals surface area contributed by atoms with Gasteiger partial charge in [-0.05, 0) is 29.8 Å². The molecule has 1 aliphatic heterocycles. The molecule has 1 saturated heterocycles. The first-order chi connectivity index (χ1) is 9.83. The highest BCUT2D eigenvalue weighted by Crippen LogP contribution is 2.26. The predicted octanol–water partition coefficient (Wildman–Crippen LogP) is 3.06. The molecule has 0 spiro atoms. The molecule has 3 rings (SSSR count). The molecule has 2 heterocycles. The molecule has 0 bridgehead atoms. The molecule has 4 heteroatoms. The Morgan fingerprint density at radius 1 is 0.950 bits per heavy atom. The van der Waals surface area contributed by atoms with Crippen molar-refractivity contribution in [1.82, 2.24) is 9.88 Å². The van der Waals surface area contributed by atoms with Crippen molar-refractivity contribution in [2.24, 2.45) is 0 Å². The molecule has 1 aliphatic rings. The van der Waals surface area contributed by atoms with E-state index in [1.54, 1.807) is 0 Å². The number of nitrogens with zero attached hydrogens (tertiary/aromatic N) is 3. The molecule has 0 radical (unpaired) electrons. The quantitative estimate of drug-likeness (QED) is 0.865. The summed E-state index contributed by atoms with van der Waals surface area (Å²) in [5.41, 5.74) is 2.48. The Balaban J connectivity index is 1.59. The van der Waals surface area contributed by atoms with Gasteiger partial charge in [-0.2, -0.15) is 0 Å². The summed E-state index contributed by atoms with van der Waals surface area (Å²) in [5, 5.41) is 0.843. The molecule has 1 fully saturated rings. The first-order valence-electron chi connectivity index (χ1n) is 6.94. The fraction of sp³-hybridized carbons (Fsp3) is 0.312. The summed E-state index contributed by atoms with van der Waals surface area (Å²) in [6.45, 7) is 5.17. The fourth-order valence-electron chi connectivity index (χ4n) is 2.60. The van der Waals surface area contributed by atoms with Crippen molar-refractivity contribution in [3.63, 3.8) is 0 Å². The minimum atomic E-state index is 0.843. The van der Waals surface area contributed by atoms with Crippen LogP contribution in [0.2, 0.25) is 5.02 Å². The summed E-state index contributed by atoms with van der Waals surface area (Å²) < 4.78 is 0. The zero-order valence-electron chi connectivity index (χ0n) is 11.4. The smallest absolute Gasteiger partial charge is 0.0639 e. The summed E-state index contributed by atoms with van der Waals surface area (Å²) in [4.78, 5) is 8.90. The number of pyridine rings is 1. The maximum absolute atomic E-state index is 6.26. The minimum Gasteiger partial charge on any atom is -0.368 e. The van der Waals surface area contributed by atoms with Crippen molar-refractivity contribution in [2.45, 2.75) is 6.54 Å². The lowest BCUT2D eigenvalue weighted by atomic mass is 10.2. The second-order valence-corrected chi connectivity index (χ2v) is 5.48. The highest BCUT2D eigenvalue weighted by molar-refractivity contribution is 6.33. The van der Waals surface area contributed by atoms with Crippen LogP contribution in [0.1, 0.15) is 5.56 Å². The van der Waals surface area contributed by atoms with Crippen molar-refractivity contribution in [3.05, 3.63) is 59.4 Å². The van der Waals surface area contributed by atoms with E-state index >= 15 is 0 Å². The third-order valence-corrected chi connectivity index (χ3v) is 4.04. The first-order valence-corrected chi connectivity index (χ1v) is 7.31. The van der Waals surface area contributed by atoms with Crippen molar-refractivity contribution in [2.75, 3.05) is 31.1 Å². The molecule has 104 valence electrons. The molecule has 0 aliphatic carbocycles. The van der Waals surface area contributed by atoms with Gasteiger partial charge in [-0.1, -0.05) is 23.7 Å². The number of halogens is 1. The Kier molecular flexibility index (Phi) is 4.19. The van der Waals surface area contributed by atoms with Crippen LogP contribution < -0.4 is 4.90 Å². The number of anilines is 1. The van der Waals surface area contributed by atoms with Gasteiger partial charge in [0.1, 0.15) is 0 Å². The van der Waals surface area contributed by atoms with Crippen LogP contribution in [0.15, 0.2) is 48.8 Å². The maximum atomic E-state index is 6.26. The monoisotopic (exact) mass is 287 g/mol. The van der Waals surface area contributed by atoms with E-state index < -0.39 is 0 Å². The molecule has 1 aromatic heterocycles. The number of benzene rings is 1. The molecule has 0 N–H and O–H groups in total. The molecule has 0 atom stereocenters. The lowest BCUT2D eigenvalue weighted by Gasteiger charge is -2.36. The van der Waals surface area contributed by atoms with Gasteiger partial charge in [0, 0.05) is 45.1 Å². The second-order valence-electron chi connectivity index (χ2n) is 5.07. The standard InChI is InChI=1S/C16H18ClN3/c17-15-3-1-2-4-16(15)20-11-9-19(10-12-20)13-14-5-7-18-8-6-14/h1-8H,9-13H2. The zero-order valence-corrected chi connectivity index (χ0v) is 12.1. The van der Waals surface area contributed by atoms with Crippen LogP contribution in [-0.2, 0) is 6.54 Å². The SMILES string of the molecule is Clc1ccccc1N1CCN(Cc2ccncc2)CC1. The Morgan fingerprint density at radius 3 is 2.35 bits per heavy atom. The topological polar surface area (TPSA) is 19.4 Å². The van der Waals surface area contributed by atoms with E-state index in [9.17, 15) is 0 Å². The lowest BCUT2D eigenvalue weighted by Crippen LogP contribution is -2.46. The third-order valence-electron chi connectivity index (χ3n) is 3.72. The van der Waals surface area contributed by atoms with Crippen LogP contribution in [0, 0.1) is 0 Å². The van der Waals surface area contributed by atoms with Crippen LogP contribution >= 0.6 is 11.6 Å². The van der Waals surface area contributed by atoms with Gasteiger partial charge in [0.2, 0.25) is 0 Å². The Morgan fingerprint density at radius 2 is 1.65 bits per heavy atom. The average Bonchev–Trinajstić information content (AvgIpc) is 2.50. The van der Waals surface area contributed by atoms with Crippen LogP contribution in [-0.4, -0.2) is 36.1 Å². The molecule has 20 heavy (non-hydrogen) atoms. The number of hydrogen-bond donors (Lipinski definition) is 0. The zero-order chi connectivity index (χ0) is 13.8. The third kappa shape index (κ3) is 3.11. The minimum absolute atomic E-state index is 0.843. The number of rotatable bonds is 3. The summed E-state index contributed by atoms with van der Waals surface area (Å²) in [6, 6.07) is 12.2. The number of para-hydroxylation sites is 1. The Labute approximate surface area is 124 Å². The molecule has 3 nitrogen and oxygen atoms in total. The molecule has 0 saturated carbocycles. The van der Waals surface area contributed by atoms with Crippen LogP contribution in [0.25, 0.3) is 0 Å². The molecular formula is C16H18ClN3. The normalized spacial score (nSPS) is 16.4. The van der Waals surface area contributed by atoms with E-state index in [1.165, 1.54) is 5.56 Å². The van der Waals surface area contributed by atoms with Crippen LogP contribution in [0.3, 0.4) is 0 Å². The largest absolute Gasteiger partial charge is 0.368 e. The van der Waals surface area contributed by atoms with Gasteiger partial charge < -0.3 is 4.90 Å². The molecular weight excluding hydrogens is 270 g/mol. The maximum Gasteiger partial charge on any atom is 0.0639 e. The van der Waals surface area contributed by atoms with Gasteiger partial charge >= 0.3 is 0 Å². The van der Waals surface area contributed by atoms with Gasteiger partial charge in [0.05, 0.1) is 10.7 Å². The van der Waals surface area contributed by atoms with Gasteiger partial charge in [0.15, 0.2) is 0 Å². The Hall–Kier alpha value is -1.58. The van der Waals surface area contributed by atoms with E-state index in [0.717, 1.165) is 43.4 Å². The van der Waals surface area contributed by atoms with E-state index in [2.05, 4.69) is 33.0 Å². The van der Waals surface area contributed by atoms with Crippen LogP contribution in [0.4, 0.5) is 5.69 Å². The molecule has 0 amide bonds. The van der Waals surface area contributed by atoms with Gasteiger partial charge in [-0.15, -0.1) is 0 Å². The second kappa shape index (κ2) is 6.25. The molecule has 2 aromatic rings. The van der Waals surface area contributed by atoms with E-state index in [4.69, 9.17) is 11.6 Å². The van der Waals surface area contributed by atoms with Crippen LogP contribution in [0.5, 0.6) is 0 Å². The predicted molar refractivity (Wildman–Crippen MR) is 83.2 cm³/mol. The van der Waals surface area contributed by atoms with Gasteiger partial charge in [-0.3, -0.25) is 9.88 Å². The summed E-state index contributed by atoms with van der Waals surface area (Å²) >= 11 is 6.26. The van der Waals surface area contributed by atoms with Crippen molar-refractivity contribution >= 4 is 17.3 Å². The van der Waals surface area contributed by atoms with Gasteiger partial charge in [0.25, 0.3) is 0 Å².